The number of rotatable bonds is 57. The van der Waals surface area contributed by atoms with E-state index in [1.807, 2.05) is 6.08 Å². The van der Waals surface area contributed by atoms with Gasteiger partial charge in [-0.2, -0.15) is 0 Å². The minimum absolute atomic E-state index is 0.0743. The molecule has 0 aliphatic rings. The van der Waals surface area contributed by atoms with Gasteiger partial charge in [0.25, 0.3) is 0 Å². The molecule has 2 unspecified atom stereocenters. The molecule has 0 saturated heterocycles. The minimum atomic E-state index is -0.873. The Morgan fingerprint density at radius 3 is 0.928 bits per heavy atom. The van der Waals surface area contributed by atoms with E-state index in [1.54, 1.807) is 6.08 Å². The highest BCUT2D eigenvalue weighted by atomic mass is 16.3. The second-order valence-corrected chi connectivity index (χ2v) is 21.1. The molecule has 0 heterocycles. The first kappa shape index (κ1) is 67.1. The van der Waals surface area contributed by atoms with Crippen molar-refractivity contribution in [2.45, 2.75) is 341 Å². The molecule has 2 atom stereocenters. The summed E-state index contributed by atoms with van der Waals surface area (Å²) in [5, 5.41) is 23.2. The number of allylic oxidation sites excluding steroid dienone is 9. The fourth-order valence-corrected chi connectivity index (χ4v) is 9.48. The Bertz CT molecular complexity index is 1140. The van der Waals surface area contributed by atoms with Crippen LogP contribution in [0.2, 0.25) is 0 Å². The molecule has 69 heavy (non-hydrogen) atoms. The molecule has 4 nitrogen and oxygen atoms in total. The van der Waals surface area contributed by atoms with Crippen molar-refractivity contribution >= 4 is 5.91 Å². The fourth-order valence-electron chi connectivity index (χ4n) is 9.48. The van der Waals surface area contributed by atoms with Crippen molar-refractivity contribution in [3.63, 3.8) is 0 Å². The third kappa shape index (κ3) is 56.9. The Morgan fingerprint density at radius 2 is 0.609 bits per heavy atom. The van der Waals surface area contributed by atoms with Crippen molar-refractivity contribution in [2.24, 2.45) is 0 Å². The summed E-state index contributed by atoms with van der Waals surface area (Å²) >= 11 is 0. The first-order chi connectivity index (χ1) is 34.2. The Kier molecular flexibility index (Phi) is 58.7. The van der Waals surface area contributed by atoms with E-state index < -0.39 is 12.1 Å². The second kappa shape index (κ2) is 60.4. The van der Waals surface area contributed by atoms with Crippen LogP contribution in [0.5, 0.6) is 0 Å². The highest BCUT2D eigenvalue weighted by Crippen LogP contribution is 2.17. The van der Waals surface area contributed by atoms with Crippen LogP contribution in [0.25, 0.3) is 0 Å². The fraction of sp³-hybridized carbons (Fsp3) is 0.831. The summed E-state index contributed by atoms with van der Waals surface area (Å²) in [4.78, 5) is 12.5. The van der Waals surface area contributed by atoms with Crippen molar-refractivity contribution in [2.75, 3.05) is 6.61 Å². The monoisotopic (exact) mass is 964 g/mol. The van der Waals surface area contributed by atoms with Gasteiger partial charge >= 0.3 is 0 Å². The van der Waals surface area contributed by atoms with Gasteiger partial charge in [-0.3, -0.25) is 4.79 Å². The smallest absolute Gasteiger partial charge is 0.220 e. The minimum Gasteiger partial charge on any atom is -0.394 e. The van der Waals surface area contributed by atoms with E-state index in [2.05, 4.69) is 67.8 Å². The van der Waals surface area contributed by atoms with E-state index in [0.29, 0.717) is 6.42 Å². The van der Waals surface area contributed by atoms with E-state index >= 15 is 0 Å². The quantitative estimate of drug-likeness (QED) is 0.0420. The van der Waals surface area contributed by atoms with Gasteiger partial charge in [-0.25, -0.2) is 0 Å². The number of hydrogen-bond donors (Lipinski definition) is 3. The number of carbonyl (C=O) groups is 1. The Balaban J connectivity index is 3.52. The van der Waals surface area contributed by atoms with Gasteiger partial charge in [-0.15, -0.1) is 0 Å². The van der Waals surface area contributed by atoms with Crippen LogP contribution in [0.3, 0.4) is 0 Å². The number of amides is 1. The molecule has 0 aromatic rings. The Morgan fingerprint density at radius 1 is 0.348 bits per heavy atom. The summed E-state index contributed by atoms with van der Waals surface area (Å²) in [7, 11) is 0. The summed E-state index contributed by atoms with van der Waals surface area (Å²) in [6.07, 6.45) is 85.5. The number of hydrogen-bond acceptors (Lipinski definition) is 3. The largest absolute Gasteiger partial charge is 0.394 e. The molecular weight excluding hydrogens is 843 g/mol. The molecule has 0 aromatic heterocycles. The summed E-state index contributed by atoms with van der Waals surface area (Å²) in [6, 6.07) is -0.648. The van der Waals surface area contributed by atoms with Gasteiger partial charge in [0, 0.05) is 6.42 Å². The van der Waals surface area contributed by atoms with E-state index in [1.165, 1.54) is 263 Å². The molecule has 0 aliphatic carbocycles. The molecule has 0 spiro atoms. The van der Waals surface area contributed by atoms with Crippen LogP contribution in [0.1, 0.15) is 328 Å². The normalized spacial score (nSPS) is 13.2. The zero-order valence-electron chi connectivity index (χ0n) is 46.6. The number of aliphatic hydroxyl groups is 2. The SMILES string of the molecule is CCCCCCC/C=C\C/C=C\CCCCCCCCCCCCCCCCCCCC(=O)NC(CO)C(O)/C=C/CC/C=C/CC/C=C/CCCCCCCCCCCCCCCCCCCC. The molecule has 404 valence electrons. The average molecular weight is 965 g/mol. The van der Waals surface area contributed by atoms with Crippen LogP contribution in [0.4, 0.5) is 0 Å². The van der Waals surface area contributed by atoms with Gasteiger partial charge in [-0.1, -0.05) is 306 Å². The lowest BCUT2D eigenvalue weighted by Crippen LogP contribution is -2.45. The van der Waals surface area contributed by atoms with Gasteiger partial charge < -0.3 is 15.5 Å². The lowest BCUT2D eigenvalue weighted by atomic mass is 10.0. The summed E-state index contributed by atoms with van der Waals surface area (Å²) in [5.41, 5.74) is 0. The zero-order valence-corrected chi connectivity index (χ0v) is 46.6. The van der Waals surface area contributed by atoms with E-state index in [4.69, 9.17) is 0 Å². The molecule has 4 heteroatoms. The van der Waals surface area contributed by atoms with Crippen LogP contribution in [-0.4, -0.2) is 34.9 Å². The maximum Gasteiger partial charge on any atom is 0.220 e. The molecule has 3 N–H and O–H groups in total. The average Bonchev–Trinajstić information content (AvgIpc) is 3.35. The Labute approximate surface area is 432 Å². The van der Waals surface area contributed by atoms with E-state index in [9.17, 15) is 15.0 Å². The zero-order chi connectivity index (χ0) is 49.9. The highest BCUT2D eigenvalue weighted by molar-refractivity contribution is 5.76. The Hall–Kier alpha value is -1.91. The van der Waals surface area contributed by atoms with Crippen molar-refractivity contribution in [1.82, 2.24) is 5.32 Å². The predicted molar refractivity (Wildman–Crippen MR) is 308 cm³/mol. The summed E-state index contributed by atoms with van der Waals surface area (Å²) in [5.74, 6) is -0.0743. The van der Waals surface area contributed by atoms with Crippen molar-refractivity contribution in [1.29, 1.82) is 0 Å². The van der Waals surface area contributed by atoms with E-state index in [0.717, 1.165) is 44.9 Å². The van der Waals surface area contributed by atoms with Crippen LogP contribution in [0.15, 0.2) is 60.8 Å². The van der Waals surface area contributed by atoms with Crippen LogP contribution < -0.4 is 5.32 Å². The molecule has 0 radical (unpaired) electrons. The van der Waals surface area contributed by atoms with Crippen LogP contribution in [0, 0.1) is 0 Å². The van der Waals surface area contributed by atoms with Crippen LogP contribution in [-0.2, 0) is 4.79 Å². The maximum absolute atomic E-state index is 12.5. The number of carbonyl (C=O) groups excluding carboxylic acids is 1. The molecule has 0 bridgehead atoms. The lowest BCUT2D eigenvalue weighted by Gasteiger charge is -2.19. The van der Waals surface area contributed by atoms with Crippen molar-refractivity contribution in [3.05, 3.63) is 60.8 Å². The summed E-state index contributed by atoms with van der Waals surface area (Å²) in [6.45, 7) is 4.31. The van der Waals surface area contributed by atoms with Crippen LogP contribution >= 0.6 is 0 Å². The first-order valence-electron chi connectivity index (χ1n) is 31.0. The third-order valence-corrected chi connectivity index (χ3v) is 14.2. The van der Waals surface area contributed by atoms with E-state index in [-0.39, 0.29) is 12.5 Å². The standard InChI is InChI=1S/C65H121NO3/c1-3-5-7-9-11-13-15-17-19-21-23-25-27-29-31-33-35-37-39-41-43-45-47-49-51-53-55-57-59-61-65(69)66-63(62-67)64(68)60-58-56-54-52-50-48-46-44-42-40-38-36-34-32-30-28-26-24-22-20-18-16-14-12-10-8-6-4-2/h15,17,21,23,42,44,50,52,58,60,63-64,67-68H,3-14,16,18-20,22,24-41,43,45-49,51,53-57,59,61-62H2,1-2H3,(H,66,69)/b17-15-,23-21-,44-42+,52-50+,60-58+. The van der Waals surface area contributed by atoms with Gasteiger partial charge in [-0.05, 0) is 77.0 Å². The van der Waals surface area contributed by atoms with Gasteiger partial charge in [0.05, 0.1) is 18.8 Å². The number of aliphatic hydroxyl groups excluding tert-OH is 2. The lowest BCUT2D eigenvalue weighted by molar-refractivity contribution is -0.123. The summed E-state index contributed by atoms with van der Waals surface area (Å²) < 4.78 is 0. The maximum atomic E-state index is 12.5. The molecule has 0 rings (SSSR count). The number of nitrogens with one attached hydrogen (secondary N) is 1. The van der Waals surface area contributed by atoms with Crippen molar-refractivity contribution < 1.29 is 15.0 Å². The molecule has 1 amide bonds. The van der Waals surface area contributed by atoms with Gasteiger partial charge in [0.15, 0.2) is 0 Å². The first-order valence-corrected chi connectivity index (χ1v) is 31.0. The van der Waals surface area contributed by atoms with Gasteiger partial charge in [0.1, 0.15) is 0 Å². The topological polar surface area (TPSA) is 69.6 Å². The predicted octanol–water partition coefficient (Wildman–Crippen LogP) is 20.8. The van der Waals surface area contributed by atoms with Crippen molar-refractivity contribution in [3.8, 4) is 0 Å². The third-order valence-electron chi connectivity index (χ3n) is 14.2. The molecule has 0 fully saturated rings. The molecule has 0 aliphatic heterocycles. The second-order valence-electron chi connectivity index (χ2n) is 21.1. The van der Waals surface area contributed by atoms with Gasteiger partial charge in [0.2, 0.25) is 5.91 Å². The molecular formula is C65H121NO3. The molecule has 0 aromatic carbocycles. The number of unbranched alkanes of at least 4 members (excludes halogenated alkanes) is 42. The molecule has 0 saturated carbocycles. The highest BCUT2D eigenvalue weighted by Gasteiger charge is 2.18.